The molecule has 0 aromatic heterocycles. The lowest BCUT2D eigenvalue weighted by atomic mass is 10.2. The summed E-state index contributed by atoms with van der Waals surface area (Å²) in [5.41, 5.74) is 1.05. The van der Waals surface area contributed by atoms with Gasteiger partial charge in [0, 0.05) is 12.6 Å². The van der Waals surface area contributed by atoms with Gasteiger partial charge in [0.05, 0.1) is 12.6 Å². The molecule has 1 rings (SSSR count). The average molecular weight is 277 g/mol. The van der Waals surface area contributed by atoms with Crippen molar-refractivity contribution < 1.29 is 9.59 Å². The average Bonchev–Trinajstić information content (AvgIpc) is 2.42. The molecule has 3 N–H and O–H groups in total. The zero-order valence-electron chi connectivity index (χ0n) is 12.3. The Bertz CT molecular complexity index is 432. The van der Waals surface area contributed by atoms with Crippen LogP contribution in [0.4, 0.5) is 0 Å². The fraction of sp³-hybridized carbons (Fsp3) is 0.467. The van der Waals surface area contributed by atoms with Crippen LogP contribution >= 0.6 is 0 Å². The van der Waals surface area contributed by atoms with E-state index in [0.717, 1.165) is 5.56 Å². The van der Waals surface area contributed by atoms with Gasteiger partial charge in [-0.25, -0.2) is 0 Å². The van der Waals surface area contributed by atoms with Crippen LogP contribution in [-0.4, -0.2) is 30.4 Å². The maximum atomic E-state index is 11.7. The van der Waals surface area contributed by atoms with E-state index in [1.54, 1.807) is 6.92 Å². The Morgan fingerprint density at radius 1 is 1.10 bits per heavy atom. The standard InChI is InChI=1S/C15H23N3O2/c1-11(2)18-15(20)12(3)16-10-14(19)17-9-13-7-5-4-6-8-13/h4-8,11-12,16H,9-10H2,1-3H3,(H,17,19)(H,18,20). The van der Waals surface area contributed by atoms with Gasteiger partial charge in [0.2, 0.25) is 11.8 Å². The van der Waals surface area contributed by atoms with Crippen LogP contribution in [0.2, 0.25) is 0 Å². The van der Waals surface area contributed by atoms with Crippen LogP contribution in [0.25, 0.3) is 0 Å². The summed E-state index contributed by atoms with van der Waals surface area (Å²) < 4.78 is 0. The van der Waals surface area contributed by atoms with Crippen LogP contribution in [0.15, 0.2) is 30.3 Å². The molecular formula is C15H23N3O2. The molecule has 5 heteroatoms. The van der Waals surface area contributed by atoms with Crippen molar-refractivity contribution in [2.75, 3.05) is 6.54 Å². The van der Waals surface area contributed by atoms with Gasteiger partial charge in [0.25, 0.3) is 0 Å². The molecule has 0 bridgehead atoms. The van der Waals surface area contributed by atoms with Gasteiger partial charge in [-0.3, -0.25) is 14.9 Å². The van der Waals surface area contributed by atoms with E-state index in [9.17, 15) is 9.59 Å². The summed E-state index contributed by atoms with van der Waals surface area (Å²) in [6.07, 6.45) is 0. The minimum absolute atomic E-state index is 0.0960. The molecule has 0 aliphatic heterocycles. The highest BCUT2D eigenvalue weighted by molar-refractivity contribution is 5.83. The van der Waals surface area contributed by atoms with Crippen molar-refractivity contribution in [2.45, 2.75) is 39.4 Å². The van der Waals surface area contributed by atoms with Crippen molar-refractivity contribution in [1.82, 2.24) is 16.0 Å². The zero-order valence-corrected chi connectivity index (χ0v) is 12.3. The second-order valence-corrected chi connectivity index (χ2v) is 5.03. The van der Waals surface area contributed by atoms with Crippen LogP contribution in [0.3, 0.4) is 0 Å². The Kier molecular flexibility index (Phi) is 6.73. The molecule has 0 aliphatic rings. The van der Waals surface area contributed by atoms with Crippen LogP contribution in [0.1, 0.15) is 26.3 Å². The van der Waals surface area contributed by atoms with Gasteiger partial charge in [-0.1, -0.05) is 30.3 Å². The van der Waals surface area contributed by atoms with Crippen molar-refractivity contribution in [3.05, 3.63) is 35.9 Å². The van der Waals surface area contributed by atoms with E-state index in [0.29, 0.717) is 6.54 Å². The molecule has 1 unspecified atom stereocenters. The number of benzene rings is 1. The second kappa shape index (κ2) is 8.32. The fourth-order valence-corrected chi connectivity index (χ4v) is 1.61. The molecule has 2 amide bonds. The van der Waals surface area contributed by atoms with Crippen LogP contribution in [0, 0.1) is 0 Å². The number of hydrogen-bond acceptors (Lipinski definition) is 3. The third-order valence-electron chi connectivity index (χ3n) is 2.73. The largest absolute Gasteiger partial charge is 0.353 e. The van der Waals surface area contributed by atoms with E-state index in [4.69, 9.17) is 0 Å². The fourth-order valence-electron chi connectivity index (χ4n) is 1.61. The second-order valence-electron chi connectivity index (χ2n) is 5.03. The molecule has 20 heavy (non-hydrogen) atoms. The topological polar surface area (TPSA) is 70.2 Å². The van der Waals surface area contributed by atoms with E-state index >= 15 is 0 Å². The van der Waals surface area contributed by atoms with E-state index in [2.05, 4.69) is 16.0 Å². The molecule has 0 radical (unpaired) electrons. The number of carbonyl (C=O) groups is 2. The third-order valence-corrected chi connectivity index (χ3v) is 2.73. The van der Waals surface area contributed by atoms with E-state index in [1.165, 1.54) is 0 Å². The molecule has 0 heterocycles. The smallest absolute Gasteiger partial charge is 0.237 e. The quantitative estimate of drug-likeness (QED) is 0.690. The number of rotatable bonds is 7. The predicted octanol–water partition coefficient (Wildman–Crippen LogP) is 0.806. The Hall–Kier alpha value is -1.88. The first-order valence-electron chi connectivity index (χ1n) is 6.83. The molecule has 0 spiro atoms. The van der Waals surface area contributed by atoms with Gasteiger partial charge < -0.3 is 10.6 Å². The molecule has 0 saturated carbocycles. The molecule has 1 aromatic rings. The lowest BCUT2D eigenvalue weighted by molar-refractivity contribution is -0.124. The van der Waals surface area contributed by atoms with Gasteiger partial charge >= 0.3 is 0 Å². The van der Waals surface area contributed by atoms with Crippen molar-refractivity contribution in [2.24, 2.45) is 0 Å². The summed E-state index contributed by atoms with van der Waals surface area (Å²) in [5.74, 6) is -0.228. The van der Waals surface area contributed by atoms with Gasteiger partial charge in [-0.2, -0.15) is 0 Å². The molecule has 110 valence electrons. The lowest BCUT2D eigenvalue weighted by Gasteiger charge is -2.15. The van der Waals surface area contributed by atoms with Crippen molar-refractivity contribution in [1.29, 1.82) is 0 Å². The van der Waals surface area contributed by atoms with E-state index < -0.39 is 0 Å². The summed E-state index contributed by atoms with van der Waals surface area (Å²) in [7, 11) is 0. The SMILES string of the molecule is CC(C)NC(=O)C(C)NCC(=O)NCc1ccccc1. The molecule has 0 saturated heterocycles. The number of nitrogens with one attached hydrogen (secondary N) is 3. The monoisotopic (exact) mass is 277 g/mol. The predicted molar refractivity (Wildman–Crippen MR) is 79.0 cm³/mol. The number of hydrogen-bond donors (Lipinski definition) is 3. The number of amides is 2. The van der Waals surface area contributed by atoms with Crippen LogP contribution in [-0.2, 0) is 16.1 Å². The molecule has 1 aromatic carbocycles. The Balaban J connectivity index is 2.24. The Morgan fingerprint density at radius 2 is 1.75 bits per heavy atom. The summed E-state index contributed by atoms with van der Waals surface area (Å²) in [4.78, 5) is 23.3. The van der Waals surface area contributed by atoms with Crippen LogP contribution < -0.4 is 16.0 Å². The Morgan fingerprint density at radius 3 is 2.35 bits per heavy atom. The minimum Gasteiger partial charge on any atom is -0.353 e. The first-order chi connectivity index (χ1) is 9.49. The van der Waals surface area contributed by atoms with E-state index in [-0.39, 0.29) is 30.4 Å². The molecular weight excluding hydrogens is 254 g/mol. The Labute approximate surface area is 120 Å². The minimum atomic E-state index is -0.389. The number of carbonyl (C=O) groups excluding carboxylic acids is 2. The maximum Gasteiger partial charge on any atom is 0.237 e. The highest BCUT2D eigenvalue weighted by atomic mass is 16.2. The highest BCUT2D eigenvalue weighted by Crippen LogP contribution is 1.96. The summed E-state index contributed by atoms with van der Waals surface area (Å²) in [6, 6.07) is 9.40. The zero-order chi connectivity index (χ0) is 15.0. The van der Waals surface area contributed by atoms with Crippen molar-refractivity contribution in [3.63, 3.8) is 0 Å². The normalized spacial score (nSPS) is 12.0. The third kappa shape index (κ3) is 6.33. The lowest BCUT2D eigenvalue weighted by Crippen LogP contribution is -2.47. The molecule has 5 nitrogen and oxygen atoms in total. The summed E-state index contributed by atoms with van der Waals surface area (Å²) >= 11 is 0. The van der Waals surface area contributed by atoms with Gasteiger partial charge in [-0.15, -0.1) is 0 Å². The van der Waals surface area contributed by atoms with Gasteiger partial charge in [0.1, 0.15) is 0 Å². The molecule has 0 fully saturated rings. The molecule has 1 atom stereocenters. The van der Waals surface area contributed by atoms with Gasteiger partial charge in [0.15, 0.2) is 0 Å². The highest BCUT2D eigenvalue weighted by Gasteiger charge is 2.13. The molecule has 0 aliphatic carbocycles. The summed E-state index contributed by atoms with van der Waals surface area (Å²) in [6.45, 7) is 6.16. The van der Waals surface area contributed by atoms with E-state index in [1.807, 2.05) is 44.2 Å². The van der Waals surface area contributed by atoms with Gasteiger partial charge in [-0.05, 0) is 26.3 Å². The van der Waals surface area contributed by atoms with Crippen molar-refractivity contribution >= 4 is 11.8 Å². The maximum absolute atomic E-state index is 11.7. The summed E-state index contributed by atoms with van der Waals surface area (Å²) in [5, 5.41) is 8.49. The van der Waals surface area contributed by atoms with Crippen LogP contribution in [0.5, 0.6) is 0 Å². The first kappa shape index (κ1) is 16.2. The van der Waals surface area contributed by atoms with Crippen molar-refractivity contribution in [3.8, 4) is 0 Å². The first-order valence-corrected chi connectivity index (χ1v) is 6.83.